The van der Waals surface area contributed by atoms with Gasteiger partial charge < -0.3 is 5.32 Å². The zero-order valence-electron chi connectivity index (χ0n) is 11.1. The van der Waals surface area contributed by atoms with Crippen LogP contribution in [-0.4, -0.2) is 11.5 Å². The van der Waals surface area contributed by atoms with Crippen LogP contribution in [0.3, 0.4) is 0 Å². The highest BCUT2D eigenvalue weighted by atomic mass is 32.1. The van der Waals surface area contributed by atoms with Crippen molar-refractivity contribution < 1.29 is 0 Å². The van der Waals surface area contributed by atoms with E-state index in [-0.39, 0.29) is 0 Å². The van der Waals surface area contributed by atoms with Crippen LogP contribution in [-0.2, 0) is 12.8 Å². The molecule has 3 heteroatoms. The van der Waals surface area contributed by atoms with Crippen molar-refractivity contribution in [1.82, 2.24) is 10.3 Å². The maximum atomic E-state index is 4.84. The molecule has 1 unspecified atom stereocenters. The minimum absolute atomic E-state index is 0.502. The van der Waals surface area contributed by atoms with Crippen molar-refractivity contribution in [3.05, 3.63) is 15.6 Å². The molecule has 96 valence electrons. The molecule has 1 aliphatic carbocycles. The third-order valence-corrected chi connectivity index (χ3v) is 4.73. The fourth-order valence-corrected chi connectivity index (χ4v) is 3.78. The maximum Gasteiger partial charge on any atom is 0.110 e. The zero-order valence-corrected chi connectivity index (χ0v) is 11.9. The number of aromatic nitrogens is 1. The summed E-state index contributed by atoms with van der Waals surface area (Å²) in [6.45, 7) is 5.50. The molecular formula is C14H24N2S. The molecule has 0 aromatic carbocycles. The molecule has 2 rings (SSSR count). The number of hydrogen-bond donors (Lipinski definition) is 1. The van der Waals surface area contributed by atoms with Crippen LogP contribution >= 0.6 is 11.3 Å². The van der Waals surface area contributed by atoms with Gasteiger partial charge >= 0.3 is 0 Å². The summed E-state index contributed by atoms with van der Waals surface area (Å²) in [5, 5.41) is 4.93. The van der Waals surface area contributed by atoms with Gasteiger partial charge in [0.15, 0.2) is 0 Å². The molecule has 1 atom stereocenters. The van der Waals surface area contributed by atoms with Crippen molar-refractivity contribution >= 4 is 11.3 Å². The lowest BCUT2D eigenvalue weighted by atomic mass is 10.1. The van der Waals surface area contributed by atoms with Gasteiger partial charge in [-0.15, -0.1) is 11.3 Å². The van der Waals surface area contributed by atoms with E-state index in [1.807, 2.05) is 11.3 Å². The molecule has 0 saturated carbocycles. The Kier molecular flexibility index (Phi) is 4.99. The number of hydrogen-bond acceptors (Lipinski definition) is 3. The van der Waals surface area contributed by atoms with Crippen molar-refractivity contribution in [3.63, 3.8) is 0 Å². The zero-order chi connectivity index (χ0) is 12.1. The Morgan fingerprint density at radius 2 is 2.18 bits per heavy atom. The van der Waals surface area contributed by atoms with Crippen LogP contribution < -0.4 is 5.32 Å². The van der Waals surface area contributed by atoms with Crippen molar-refractivity contribution in [1.29, 1.82) is 0 Å². The standard InChI is InChI=1S/C14H24N2S/c1-3-5-6-8-12(15-4-2)14-16-11-9-7-10-13(11)17-14/h12,15H,3-10H2,1-2H3. The third-order valence-electron chi connectivity index (χ3n) is 3.46. The Morgan fingerprint density at radius 3 is 2.88 bits per heavy atom. The second-order valence-corrected chi connectivity index (χ2v) is 6.00. The lowest BCUT2D eigenvalue weighted by molar-refractivity contribution is 0.484. The molecule has 2 nitrogen and oxygen atoms in total. The molecule has 1 aromatic heterocycles. The van der Waals surface area contributed by atoms with Crippen LogP contribution in [0.5, 0.6) is 0 Å². The van der Waals surface area contributed by atoms with Gasteiger partial charge in [0.2, 0.25) is 0 Å². The highest BCUT2D eigenvalue weighted by Crippen LogP contribution is 2.32. The van der Waals surface area contributed by atoms with Crippen LogP contribution in [0.15, 0.2) is 0 Å². The van der Waals surface area contributed by atoms with Gasteiger partial charge in [0.05, 0.1) is 11.7 Å². The molecule has 0 radical (unpaired) electrons. The highest BCUT2D eigenvalue weighted by molar-refractivity contribution is 7.11. The quantitative estimate of drug-likeness (QED) is 0.745. The molecule has 17 heavy (non-hydrogen) atoms. The number of nitrogens with zero attached hydrogens (tertiary/aromatic N) is 1. The summed E-state index contributed by atoms with van der Waals surface area (Å²) in [6.07, 6.45) is 8.99. The second-order valence-electron chi connectivity index (χ2n) is 4.88. The normalized spacial score (nSPS) is 16.1. The molecule has 0 bridgehead atoms. The van der Waals surface area contributed by atoms with E-state index in [0.717, 1.165) is 6.54 Å². The van der Waals surface area contributed by atoms with Crippen LogP contribution in [0, 0.1) is 0 Å². The first-order valence-corrected chi connectivity index (χ1v) is 7.88. The van der Waals surface area contributed by atoms with Gasteiger partial charge in [-0.05, 0) is 32.2 Å². The molecule has 0 aliphatic heterocycles. The topological polar surface area (TPSA) is 24.9 Å². The fourth-order valence-electron chi connectivity index (χ4n) is 2.52. The summed E-state index contributed by atoms with van der Waals surface area (Å²) in [4.78, 5) is 6.40. The molecule has 1 aromatic rings. The predicted octanol–water partition coefficient (Wildman–Crippen LogP) is 3.86. The maximum absolute atomic E-state index is 4.84. The SMILES string of the molecule is CCCCCC(NCC)c1nc2c(s1)CCC2. The summed E-state index contributed by atoms with van der Waals surface area (Å²) >= 11 is 1.95. The molecule has 1 N–H and O–H groups in total. The molecule has 0 saturated heterocycles. The van der Waals surface area contributed by atoms with E-state index in [1.165, 1.54) is 55.6 Å². The van der Waals surface area contributed by atoms with Gasteiger partial charge in [0.25, 0.3) is 0 Å². The van der Waals surface area contributed by atoms with Gasteiger partial charge in [-0.25, -0.2) is 4.98 Å². The smallest absolute Gasteiger partial charge is 0.110 e. The largest absolute Gasteiger partial charge is 0.308 e. The number of rotatable bonds is 7. The van der Waals surface area contributed by atoms with Gasteiger partial charge in [-0.3, -0.25) is 0 Å². The van der Waals surface area contributed by atoms with Crippen molar-refractivity contribution in [2.24, 2.45) is 0 Å². The van der Waals surface area contributed by atoms with E-state index < -0.39 is 0 Å². The number of aryl methyl sites for hydroxylation is 2. The number of unbranched alkanes of at least 4 members (excludes halogenated alkanes) is 2. The Labute approximate surface area is 109 Å². The first kappa shape index (κ1) is 13.0. The van der Waals surface area contributed by atoms with Crippen molar-refractivity contribution in [2.45, 2.75) is 64.8 Å². The molecule has 0 spiro atoms. The Hall–Kier alpha value is -0.410. The highest BCUT2D eigenvalue weighted by Gasteiger charge is 2.21. The van der Waals surface area contributed by atoms with E-state index in [4.69, 9.17) is 4.98 Å². The summed E-state index contributed by atoms with van der Waals surface area (Å²) < 4.78 is 0. The summed E-state index contributed by atoms with van der Waals surface area (Å²) in [5.41, 5.74) is 1.39. The van der Waals surface area contributed by atoms with Crippen LogP contribution in [0.25, 0.3) is 0 Å². The lowest BCUT2D eigenvalue weighted by Crippen LogP contribution is -2.20. The van der Waals surface area contributed by atoms with E-state index in [9.17, 15) is 0 Å². The van der Waals surface area contributed by atoms with Gasteiger partial charge in [0, 0.05) is 4.88 Å². The number of fused-ring (bicyclic) bond motifs is 1. The molecule has 0 fully saturated rings. The molecular weight excluding hydrogens is 228 g/mol. The molecule has 1 heterocycles. The number of thiazole rings is 1. The van der Waals surface area contributed by atoms with E-state index >= 15 is 0 Å². The monoisotopic (exact) mass is 252 g/mol. The molecule has 1 aliphatic rings. The van der Waals surface area contributed by atoms with Crippen LogP contribution in [0.4, 0.5) is 0 Å². The van der Waals surface area contributed by atoms with Crippen molar-refractivity contribution in [3.8, 4) is 0 Å². The fraction of sp³-hybridized carbons (Fsp3) is 0.786. The van der Waals surface area contributed by atoms with E-state index in [2.05, 4.69) is 19.2 Å². The first-order valence-electron chi connectivity index (χ1n) is 7.07. The van der Waals surface area contributed by atoms with Crippen LogP contribution in [0.2, 0.25) is 0 Å². The lowest BCUT2D eigenvalue weighted by Gasteiger charge is -2.15. The van der Waals surface area contributed by atoms with Crippen molar-refractivity contribution in [2.75, 3.05) is 6.54 Å². The Balaban J connectivity index is 1.98. The van der Waals surface area contributed by atoms with Gasteiger partial charge in [-0.1, -0.05) is 33.1 Å². The predicted molar refractivity (Wildman–Crippen MR) is 74.7 cm³/mol. The first-order chi connectivity index (χ1) is 8.35. The molecule has 0 amide bonds. The summed E-state index contributed by atoms with van der Waals surface area (Å²) in [7, 11) is 0. The average Bonchev–Trinajstić information content (AvgIpc) is 2.88. The van der Waals surface area contributed by atoms with Gasteiger partial charge in [-0.2, -0.15) is 0 Å². The minimum Gasteiger partial charge on any atom is -0.308 e. The minimum atomic E-state index is 0.502. The van der Waals surface area contributed by atoms with E-state index in [1.54, 1.807) is 4.88 Å². The van der Waals surface area contributed by atoms with E-state index in [0.29, 0.717) is 6.04 Å². The second kappa shape index (κ2) is 6.50. The number of nitrogens with one attached hydrogen (secondary N) is 1. The van der Waals surface area contributed by atoms with Gasteiger partial charge in [0.1, 0.15) is 5.01 Å². The van der Waals surface area contributed by atoms with Crippen LogP contribution in [0.1, 0.15) is 67.6 Å². The summed E-state index contributed by atoms with van der Waals surface area (Å²) in [6, 6.07) is 0.502. The Bertz CT molecular complexity index is 324. The Morgan fingerprint density at radius 1 is 1.29 bits per heavy atom. The average molecular weight is 252 g/mol. The third kappa shape index (κ3) is 3.29. The summed E-state index contributed by atoms with van der Waals surface area (Å²) in [5.74, 6) is 0.